The predicted molar refractivity (Wildman–Crippen MR) is 120 cm³/mol. The number of anilines is 1. The van der Waals surface area contributed by atoms with Gasteiger partial charge in [-0.2, -0.15) is 0 Å². The minimum absolute atomic E-state index is 0.0435. The molecule has 0 aromatic heterocycles. The number of nitrogens with two attached hydrogens (primary N) is 1. The fourth-order valence-corrected chi connectivity index (χ4v) is 7.04. The number of hydrogen-bond donors (Lipinski definition) is 3. The van der Waals surface area contributed by atoms with E-state index < -0.39 is 15.1 Å². The zero-order chi connectivity index (χ0) is 21.4. The van der Waals surface area contributed by atoms with E-state index in [1.54, 1.807) is 36.6 Å². The Morgan fingerprint density at radius 1 is 1.23 bits per heavy atom. The van der Waals surface area contributed by atoms with Crippen molar-refractivity contribution in [2.45, 2.75) is 35.2 Å². The minimum atomic E-state index is -3.97. The number of carbonyl (C=O) groups is 1. The van der Waals surface area contributed by atoms with E-state index in [0.29, 0.717) is 18.2 Å². The van der Waals surface area contributed by atoms with Crippen LogP contribution in [0.1, 0.15) is 29.9 Å². The standard InChI is InChI=1S/C21H26N4O3S2/c1-29-21(23-14-20(26)24-21)25(30(27,28)18-8-3-2-4-9-18)17-10-11-19-15(12-17)6-5-7-16(19)13-22/h2-4,8-12,16,23H,5-7,13-14,22H2,1H3,(H,24,26). The average Bonchev–Trinajstić information content (AvgIpc) is 3.15. The molecule has 1 saturated heterocycles. The lowest BCUT2D eigenvalue weighted by molar-refractivity contribution is -0.118. The topological polar surface area (TPSA) is 105 Å². The van der Waals surface area contributed by atoms with Gasteiger partial charge in [0, 0.05) is 0 Å². The Hall–Kier alpha value is -2.07. The van der Waals surface area contributed by atoms with Gasteiger partial charge >= 0.3 is 0 Å². The lowest BCUT2D eigenvalue weighted by Crippen LogP contribution is -2.62. The van der Waals surface area contributed by atoms with Crippen LogP contribution in [-0.4, -0.2) is 38.8 Å². The van der Waals surface area contributed by atoms with Crippen molar-refractivity contribution in [2.24, 2.45) is 5.73 Å². The van der Waals surface area contributed by atoms with E-state index in [1.165, 1.54) is 21.6 Å². The molecule has 9 heteroatoms. The molecule has 2 aromatic carbocycles. The van der Waals surface area contributed by atoms with Gasteiger partial charge in [0.15, 0.2) is 0 Å². The molecule has 1 amide bonds. The lowest BCUT2D eigenvalue weighted by atomic mass is 9.82. The summed E-state index contributed by atoms with van der Waals surface area (Å²) in [6.45, 7) is 0.618. The molecule has 2 unspecified atom stereocenters. The number of sulfonamides is 1. The molecule has 4 rings (SSSR count). The van der Waals surface area contributed by atoms with Crippen molar-refractivity contribution in [3.63, 3.8) is 0 Å². The third kappa shape index (κ3) is 3.60. The molecule has 2 aliphatic rings. The quantitative estimate of drug-likeness (QED) is 0.586. The lowest BCUT2D eigenvalue weighted by Gasteiger charge is -2.40. The van der Waals surface area contributed by atoms with Crippen molar-refractivity contribution in [2.75, 3.05) is 23.7 Å². The van der Waals surface area contributed by atoms with Crippen LogP contribution in [0, 0.1) is 0 Å². The van der Waals surface area contributed by atoms with Crippen molar-refractivity contribution in [3.05, 3.63) is 59.7 Å². The Morgan fingerprint density at radius 2 is 2.00 bits per heavy atom. The highest BCUT2D eigenvalue weighted by atomic mass is 32.2. The maximum Gasteiger partial charge on any atom is 0.268 e. The molecule has 0 radical (unpaired) electrons. The van der Waals surface area contributed by atoms with Crippen molar-refractivity contribution in [1.82, 2.24) is 10.6 Å². The van der Waals surface area contributed by atoms with E-state index in [-0.39, 0.29) is 17.3 Å². The fourth-order valence-electron chi connectivity index (χ4n) is 4.27. The van der Waals surface area contributed by atoms with Gasteiger partial charge in [0.1, 0.15) is 0 Å². The van der Waals surface area contributed by atoms with Crippen LogP contribution in [0.2, 0.25) is 0 Å². The summed E-state index contributed by atoms with van der Waals surface area (Å²) in [5, 5.41) is 4.60. The van der Waals surface area contributed by atoms with Crippen molar-refractivity contribution in [3.8, 4) is 0 Å². The van der Waals surface area contributed by atoms with Gasteiger partial charge in [-0.1, -0.05) is 36.0 Å². The summed E-state index contributed by atoms with van der Waals surface area (Å²) < 4.78 is 28.9. The predicted octanol–water partition coefficient (Wildman–Crippen LogP) is 1.95. The first-order valence-corrected chi connectivity index (χ1v) is 12.6. The molecule has 160 valence electrons. The van der Waals surface area contributed by atoms with Crippen LogP contribution in [0.4, 0.5) is 5.69 Å². The molecule has 30 heavy (non-hydrogen) atoms. The molecule has 4 N–H and O–H groups in total. The van der Waals surface area contributed by atoms with Gasteiger partial charge in [-0.15, -0.1) is 0 Å². The van der Waals surface area contributed by atoms with Crippen LogP contribution in [-0.2, 0) is 21.2 Å². The third-order valence-corrected chi connectivity index (χ3v) is 8.71. The Morgan fingerprint density at radius 3 is 2.63 bits per heavy atom. The van der Waals surface area contributed by atoms with E-state index >= 15 is 0 Å². The molecular weight excluding hydrogens is 420 g/mol. The number of fused-ring (bicyclic) bond motifs is 1. The normalized spacial score (nSPS) is 23.7. The van der Waals surface area contributed by atoms with Crippen LogP contribution < -0.4 is 20.7 Å². The van der Waals surface area contributed by atoms with Crippen LogP contribution in [0.15, 0.2) is 53.4 Å². The van der Waals surface area contributed by atoms with Gasteiger partial charge in [0.25, 0.3) is 10.0 Å². The van der Waals surface area contributed by atoms with Gasteiger partial charge in [0.05, 0.1) is 17.1 Å². The molecule has 0 saturated carbocycles. The van der Waals surface area contributed by atoms with Gasteiger partial charge in [-0.05, 0) is 73.4 Å². The van der Waals surface area contributed by atoms with Crippen molar-refractivity contribution >= 4 is 33.4 Å². The van der Waals surface area contributed by atoms with Gasteiger partial charge in [-0.3, -0.25) is 10.1 Å². The third-order valence-electron chi connectivity index (χ3n) is 5.74. The van der Waals surface area contributed by atoms with E-state index in [0.717, 1.165) is 24.8 Å². The first-order valence-electron chi connectivity index (χ1n) is 9.96. The molecule has 1 aliphatic heterocycles. The van der Waals surface area contributed by atoms with E-state index in [2.05, 4.69) is 10.6 Å². The smallest absolute Gasteiger partial charge is 0.268 e. The van der Waals surface area contributed by atoms with Crippen LogP contribution in [0.25, 0.3) is 0 Å². The average molecular weight is 447 g/mol. The SMILES string of the molecule is CSC1(N(c2ccc3c(c2)CCCC3CN)S(=O)(=O)c2ccccc2)NCC(=O)N1. The number of benzene rings is 2. The van der Waals surface area contributed by atoms with Crippen LogP contribution in [0.5, 0.6) is 0 Å². The summed E-state index contributed by atoms with van der Waals surface area (Å²) in [5.41, 5.74) is 8.76. The number of aryl methyl sites for hydroxylation is 1. The summed E-state index contributed by atoms with van der Waals surface area (Å²) in [5.74, 6) is 0.0413. The Kier molecular flexibility index (Phi) is 5.80. The number of nitrogens with zero attached hydrogens (tertiary/aromatic N) is 1. The molecule has 2 aromatic rings. The number of thioether (sulfide) groups is 1. The highest BCUT2D eigenvalue weighted by Crippen LogP contribution is 2.39. The molecule has 2 atom stereocenters. The largest absolute Gasteiger partial charge is 0.330 e. The van der Waals surface area contributed by atoms with Gasteiger partial charge in [0.2, 0.25) is 11.0 Å². The first-order chi connectivity index (χ1) is 14.4. The second kappa shape index (κ2) is 8.22. The molecule has 0 bridgehead atoms. The van der Waals surface area contributed by atoms with Crippen molar-refractivity contribution < 1.29 is 13.2 Å². The molecule has 0 spiro atoms. The first kappa shape index (κ1) is 21.2. The summed E-state index contributed by atoms with van der Waals surface area (Å²) in [6, 6.07) is 14.0. The molecular formula is C21H26N4O3S2. The highest BCUT2D eigenvalue weighted by molar-refractivity contribution is 8.01. The highest BCUT2D eigenvalue weighted by Gasteiger charge is 2.49. The summed E-state index contributed by atoms with van der Waals surface area (Å²) in [4.78, 5) is 12.3. The summed E-state index contributed by atoms with van der Waals surface area (Å²) in [6.07, 6.45) is 4.72. The monoisotopic (exact) mass is 446 g/mol. The molecule has 1 fully saturated rings. The number of nitrogens with one attached hydrogen (secondary N) is 2. The number of amides is 1. The van der Waals surface area contributed by atoms with Gasteiger partial charge in [-0.25, -0.2) is 12.7 Å². The molecule has 1 aliphatic carbocycles. The second-order valence-corrected chi connectivity index (χ2v) is 10.3. The maximum atomic E-state index is 13.8. The minimum Gasteiger partial charge on any atom is -0.330 e. The zero-order valence-corrected chi connectivity index (χ0v) is 18.4. The number of carbonyl (C=O) groups excluding carboxylic acids is 1. The molecule has 7 nitrogen and oxygen atoms in total. The fraction of sp³-hybridized carbons (Fsp3) is 0.381. The Balaban J connectivity index is 1.88. The maximum absolute atomic E-state index is 13.8. The summed E-state index contributed by atoms with van der Waals surface area (Å²) in [7, 11) is -3.97. The van der Waals surface area contributed by atoms with Crippen LogP contribution >= 0.6 is 11.8 Å². The zero-order valence-electron chi connectivity index (χ0n) is 16.8. The van der Waals surface area contributed by atoms with Gasteiger partial charge < -0.3 is 11.1 Å². The Labute approximate surface area is 181 Å². The summed E-state index contributed by atoms with van der Waals surface area (Å²) >= 11 is 1.23. The Bertz CT molecular complexity index is 1050. The second-order valence-electron chi connectivity index (χ2n) is 7.54. The van der Waals surface area contributed by atoms with Crippen molar-refractivity contribution in [1.29, 1.82) is 0 Å². The van der Waals surface area contributed by atoms with E-state index in [9.17, 15) is 13.2 Å². The van der Waals surface area contributed by atoms with E-state index in [4.69, 9.17) is 5.73 Å². The number of rotatable bonds is 6. The van der Waals surface area contributed by atoms with E-state index in [1.807, 2.05) is 18.2 Å². The van der Waals surface area contributed by atoms with Crippen LogP contribution in [0.3, 0.4) is 0 Å². The number of hydrogen-bond acceptors (Lipinski definition) is 6. The molecule has 1 heterocycles.